The van der Waals surface area contributed by atoms with Gasteiger partial charge in [-0.05, 0) is 23.7 Å². The summed E-state index contributed by atoms with van der Waals surface area (Å²) < 4.78 is 0. The second-order valence-corrected chi connectivity index (χ2v) is 5.98. The zero-order valence-corrected chi connectivity index (χ0v) is 12.4. The molecule has 0 unspecified atom stereocenters. The number of amides is 1. The van der Waals surface area contributed by atoms with Crippen LogP contribution in [-0.2, 0) is 6.54 Å². The van der Waals surface area contributed by atoms with E-state index in [9.17, 15) is 14.9 Å². The summed E-state index contributed by atoms with van der Waals surface area (Å²) in [7, 11) is 0. The molecular formula is C11H9N3O3S3. The van der Waals surface area contributed by atoms with E-state index in [-0.39, 0.29) is 15.7 Å². The molecule has 2 rings (SSSR count). The first-order valence-corrected chi connectivity index (χ1v) is 7.57. The molecule has 9 heteroatoms. The number of hydrogen-bond acceptors (Lipinski definition) is 6. The molecule has 2 aromatic heterocycles. The smallest absolute Gasteiger partial charge is 0.324 e. The second kappa shape index (κ2) is 6.55. The summed E-state index contributed by atoms with van der Waals surface area (Å²) in [5.74, 6) is -0.460. The fourth-order valence-electron chi connectivity index (χ4n) is 1.34. The number of thiophene rings is 2. The Morgan fingerprint density at radius 2 is 2.25 bits per heavy atom. The number of carbonyl (C=O) groups is 1. The highest BCUT2D eigenvalue weighted by molar-refractivity contribution is 7.80. The van der Waals surface area contributed by atoms with Crippen LogP contribution in [0.5, 0.6) is 0 Å². The Kier molecular flexibility index (Phi) is 4.77. The molecule has 0 aliphatic heterocycles. The van der Waals surface area contributed by atoms with Crippen molar-refractivity contribution in [2.45, 2.75) is 6.54 Å². The summed E-state index contributed by atoms with van der Waals surface area (Å²) >= 11 is 7.47. The predicted molar refractivity (Wildman–Crippen MR) is 82.2 cm³/mol. The zero-order chi connectivity index (χ0) is 14.5. The van der Waals surface area contributed by atoms with Gasteiger partial charge in [-0.15, -0.1) is 11.3 Å². The molecule has 0 saturated heterocycles. The van der Waals surface area contributed by atoms with Crippen LogP contribution in [0.25, 0.3) is 0 Å². The molecule has 104 valence electrons. The van der Waals surface area contributed by atoms with E-state index >= 15 is 0 Å². The highest BCUT2D eigenvalue weighted by Gasteiger charge is 2.15. The van der Waals surface area contributed by atoms with E-state index in [1.165, 1.54) is 11.4 Å². The van der Waals surface area contributed by atoms with Crippen LogP contribution in [0.3, 0.4) is 0 Å². The van der Waals surface area contributed by atoms with E-state index in [0.29, 0.717) is 6.54 Å². The highest BCUT2D eigenvalue weighted by atomic mass is 32.1. The maximum absolute atomic E-state index is 11.8. The first-order chi connectivity index (χ1) is 9.56. The SMILES string of the molecule is O=C(NC(=S)NCc1cccs1)c1csc([N+](=O)[O-])c1. The molecule has 0 saturated carbocycles. The molecule has 0 atom stereocenters. The lowest BCUT2D eigenvalue weighted by molar-refractivity contribution is -0.380. The minimum Gasteiger partial charge on any atom is -0.357 e. The van der Waals surface area contributed by atoms with Crippen molar-refractivity contribution in [3.8, 4) is 0 Å². The molecular weight excluding hydrogens is 318 g/mol. The van der Waals surface area contributed by atoms with Crippen LogP contribution in [0.15, 0.2) is 29.0 Å². The summed E-state index contributed by atoms with van der Waals surface area (Å²) in [6.45, 7) is 0.528. The molecule has 2 aromatic rings. The Morgan fingerprint density at radius 1 is 1.45 bits per heavy atom. The zero-order valence-electron chi connectivity index (χ0n) is 9.99. The summed E-state index contributed by atoms with van der Waals surface area (Å²) in [6.07, 6.45) is 0. The van der Waals surface area contributed by atoms with Crippen molar-refractivity contribution in [2.24, 2.45) is 0 Å². The predicted octanol–water partition coefficient (Wildman–Crippen LogP) is 2.52. The Hall–Kier alpha value is -1.84. The number of nitrogens with zero attached hydrogens (tertiary/aromatic N) is 1. The molecule has 0 spiro atoms. The van der Waals surface area contributed by atoms with Crippen LogP contribution in [0, 0.1) is 10.1 Å². The molecule has 0 aliphatic carbocycles. The van der Waals surface area contributed by atoms with Crippen LogP contribution in [0.4, 0.5) is 5.00 Å². The monoisotopic (exact) mass is 327 g/mol. The lowest BCUT2D eigenvalue weighted by atomic mass is 10.3. The van der Waals surface area contributed by atoms with Crippen LogP contribution >= 0.6 is 34.9 Å². The largest absolute Gasteiger partial charge is 0.357 e. The maximum atomic E-state index is 11.8. The fraction of sp³-hybridized carbons (Fsp3) is 0.0909. The van der Waals surface area contributed by atoms with Crippen molar-refractivity contribution in [3.63, 3.8) is 0 Å². The maximum Gasteiger partial charge on any atom is 0.324 e. The number of carbonyl (C=O) groups excluding carboxylic acids is 1. The average molecular weight is 327 g/mol. The van der Waals surface area contributed by atoms with Crippen molar-refractivity contribution < 1.29 is 9.72 Å². The molecule has 6 nitrogen and oxygen atoms in total. The van der Waals surface area contributed by atoms with E-state index in [4.69, 9.17) is 12.2 Å². The quantitative estimate of drug-likeness (QED) is 0.512. The van der Waals surface area contributed by atoms with Gasteiger partial charge in [0.25, 0.3) is 5.91 Å². The van der Waals surface area contributed by atoms with E-state index in [1.807, 2.05) is 17.5 Å². The Bertz CT molecular complexity index is 636. The van der Waals surface area contributed by atoms with Gasteiger partial charge in [0.1, 0.15) is 0 Å². The third kappa shape index (κ3) is 3.83. The third-order valence-electron chi connectivity index (χ3n) is 2.26. The van der Waals surface area contributed by atoms with Gasteiger partial charge in [-0.1, -0.05) is 17.4 Å². The third-order valence-corrected chi connectivity index (χ3v) is 4.26. The van der Waals surface area contributed by atoms with Crippen molar-refractivity contribution in [3.05, 3.63) is 49.5 Å². The van der Waals surface area contributed by atoms with E-state index in [2.05, 4.69) is 10.6 Å². The van der Waals surface area contributed by atoms with Crippen LogP contribution in [-0.4, -0.2) is 15.9 Å². The molecule has 20 heavy (non-hydrogen) atoms. The van der Waals surface area contributed by atoms with Crippen molar-refractivity contribution in [2.75, 3.05) is 0 Å². The summed E-state index contributed by atoms with van der Waals surface area (Å²) in [5.41, 5.74) is 0.224. The first-order valence-electron chi connectivity index (χ1n) is 5.41. The fourth-order valence-corrected chi connectivity index (χ4v) is 2.85. The van der Waals surface area contributed by atoms with E-state index in [1.54, 1.807) is 11.3 Å². The first kappa shape index (κ1) is 14.6. The summed E-state index contributed by atoms with van der Waals surface area (Å²) in [4.78, 5) is 22.9. The Morgan fingerprint density at radius 3 is 2.85 bits per heavy atom. The lowest BCUT2D eigenvalue weighted by Crippen LogP contribution is -2.38. The minimum absolute atomic E-state index is 0.0763. The summed E-state index contributed by atoms with van der Waals surface area (Å²) in [5, 5.41) is 19.4. The Labute approximate surface area is 127 Å². The molecule has 2 heterocycles. The second-order valence-electron chi connectivity index (χ2n) is 3.65. The molecule has 0 fully saturated rings. The standard InChI is InChI=1S/C11H9N3O3S3/c15-10(7-4-9(14(16)17)20-6-7)13-11(18)12-5-8-2-1-3-19-8/h1-4,6H,5H2,(H2,12,13,15,18). The minimum atomic E-state index is -0.533. The lowest BCUT2D eigenvalue weighted by Gasteiger charge is -2.07. The van der Waals surface area contributed by atoms with Gasteiger partial charge in [0.2, 0.25) is 0 Å². The van der Waals surface area contributed by atoms with Gasteiger partial charge in [0.15, 0.2) is 5.11 Å². The van der Waals surface area contributed by atoms with Gasteiger partial charge >= 0.3 is 5.00 Å². The van der Waals surface area contributed by atoms with Gasteiger partial charge < -0.3 is 5.32 Å². The van der Waals surface area contributed by atoms with E-state index in [0.717, 1.165) is 16.2 Å². The van der Waals surface area contributed by atoms with Gasteiger partial charge in [-0.25, -0.2) is 0 Å². The normalized spacial score (nSPS) is 10.0. The van der Waals surface area contributed by atoms with Crippen molar-refractivity contribution in [1.29, 1.82) is 0 Å². The molecule has 0 radical (unpaired) electrons. The number of nitro groups is 1. The van der Waals surface area contributed by atoms with Crippen molar-refractivity contribution >= 4 is 50.9 Å². The topological polar surface area (TPSA) is 84.3 Å². The molecule has 2 N–H and O–H groups in total. The number of hydrogen-bond donors (Lipinski definition) is 2. The number of rotatable bonds is 4. The highest BCUT2D eigenvalue weighted by Crippen LogP contribution is 2.22. The van der Waals surface area contributed by atoms with Gasteiger partial charge in [0, 0.05) is 16.3 Å². The number of nitrogens with one attached hydrogen (secondary N) is 2. The number of thiocarbonyl (C=S) groups is 1. The van der Waals surface area contributed by atoms with Gasteiger partial charge in [-0.2, -0.15) is 0 Å². The average Bonchev–Trinajstić information content (AvgIpc) is 3.07. The molecule has 0 aromatic carbocycles. The molecule has 0 bridgehead atoms. The van der Waals surface area contributed by atoms with Crippen LogP contribution in [0.2, 0.25) is 0 Å². The van der Waals surface area contributed by atoms with Crippen LogP contribution < -0.4 is 10.6 Å². The van der Waals surface area contributed by atoms with Crippen LogP contribution in [0.1, 0.15) is 15.2 Å². The molecule has 1 amide bonds. The summed E-state index contributed by atoms with van der Waals surface area (Å²) in [6, 6.07) is 5.10. The Balaban J connectivity index is 1.86. The van der Waals surface area contributed by atoms with Gasteiger partial charge in [-0.3, -0.25) is 20.2 Å². The van der Waals surface area contributed by atoms with Crippen molar-refractivity contribution in [1.82, 2.24) is 10.6 Å². The molecule has 0 aliphatic rings. The van der Waals surface area contributed by atoms with E-state index < -0.39 is 10.8 Å². The van der Waals surface area contributed by atoms with Gasteiger partial charge in [0.05, 0.1) is 17.0 Å².